The van der Waals surface area contributed by atoms with Crippen LogP contribution in [0.5, 0.6) is 0 Å². The highest BCUT2D eigenvalue weighted by Gasteiger charge is 2.26. The molecular weight excluding hydrogens is 150 g/mol. The van der Waals surface area contributed by atoms with Crippen LogP contribution in [0, 0.1) is 5.92 Å². The van der Waals surface area contributed by atoms with E-state index in [1.807, 2.05) is 6.92 Å². The molecular formula is C10H21NO. The van der Waals surface area contributed by atoms with E-state index in [1.165, 1.54) is 12.8 Å². The van der Waals surface area contributed by atoms with E-state index in [4.69, 9.17) is 0 Å². The van der Waals surface area contributed by atoms with Gasteiger partial charge in [-0.1, -0.05) is 13.8 Å². The van der Waals surface area contributed by atoms with Crippen molar-refractivity contribution in [2.75, 3.05) is 6.54 Å². The Bertz CT molecular complexity index is 139. The monoisotopic (exact) mass is 171 g/mol. The van der Waals surface area contributed by atoms with E-state index in [9.17, 15) is 5.11 Å². The van der Waals surface area contributed by atoms with Crippen molar-refractivity contribution < 1.29 is 5.11 Å². The van der Waals surface area contributed by atoms with Crippen molar-refractivity contribution in [3.63, 3.8) is 0 Å². The summed E-state index contributed by atoms with van der Waals surface area (Å²) in [6.07, 6.45) is 3.46. The molecule has 0 saturated heterocycles. The summed E-state index contributed by atoms with van der Waals surface area (Å²) in [5.74, 6) is 0.570. The van der Waals surface area contributed by atoms with Crippen LogP contribution in [0.2, 0.25) is 0 Å². The topological polar surface area (TPSA) is 32.3 Å². The van der Waals surface area contributed by atoms with Crippen LogP contribution in [0.25, 0.3) is 0 Å². The Morgan fingerprint density at radius 3 is 2.50 bits per heavy atom. The second-order valence-corrected chi connectivity index (χ2v) is 4.75. The summed E-state index contributed by atoms with van der Waals surface area (Å²) in [5.41, 5.74) is -0.517. The molecule has 0 amide bonds. The van der Waals surface area contributed by atoms with Gasteiger partial charge in [-0.15, -0.1) is 0 Å². The Morgan fingerprint density at radius 1 is 1.50 bits per heavy atom. The van der Waals surface area contributed by atoms with Crippen LogP contribution >= 0.6 is 0 Å². The molecule has 1 unspecified atom stereocenters. The number of nitrogens with one attached hydrogen (secondary N) is 1. The fourth-order valence-corrected chi connectivity index (χ4v) is 1.60. The molecule has 0 bridgehead atoms. The number of hydrogen-bond donors (Lipinski definition) is 2. The molecule has 0 aromatic heterocycles. The van der Waals surface area contributed by atoms with Gasteiger partial charge in [0.1, 0.15) is 0 Å². The largest absolute Gasteiger partial charge is 0.389 e. The molecule has 1 rings (SSSR count). The Labute approximate surface area is 75.4 Å². The Balaban J connectivity index is 2.16. The zero-order chi connectivity index (χ0) is 9.19. The zero-order valence-corrected chi connectivity index (χ0v) is 8.43. The summed E-state index contributed by atoms with van der Waals surface area (Å²) in [6.45, 7) is 6.95. The molecule has 0 heterocycles. The first-order chi connectivity index (χ1) is 5.49. The van der Waals surface area contributed by atoms with Gasteiger partial charge in [-0.3, -0.25) is 0 Å². The minimum atomic E-state index is -0.517. The summed E-state index contributed by atoms with van der Waals surface area (Å²) < 4.78 is 0. The Hall–Kier alpha value is -0.0800. The van der Waals surface area contributed by atoms with Crippen molar-refractivity contribution in [1.29, 1.82) is 0 Å². The normalized spacial score (nSPS) is 22.8. The maximum absolute atomic E-state index is 9.90. The van der Waals surface area contributed by atoms with Crippen LogP contribution in [0.4, 0.5) is 0 Å². The SMILES string of the molecule is CC(C)CC(C)(O)CNC1CC1. The van der Waals surface area contributed by atoms with Crippen molar-refractivity contribution in [3.8, 4) is 0 Å². The van der Waals surface area contributed by atoms with Crippen LogP contribution < -0.4 is 5.32 Å². The molecule has 12 heavy (non-hydrogen) atoms. The molecule has 0 aromatic carbocycles. The molecule has 1 atom stereocenters. The van der Waals surface area contributed by atoms with E-state index in [2.05, 4.69) is 19.2 Å². The van der Waals surface area contributed by atoms with Crippen LogP contribution in [0.15, 0.2) is 0 Å². The minimum Gasteiger partial charge on any atom is -0.389 e. The van der Waals surface area contributed by atoms with Crippen LogP contribution in [0.3, 0.4) is 0 Å². The maximum Gasteiger partial charge on any atom is 0.0746 e. The number of hydrogen-bond acceptors (Lipinski definition) is 2. The summed E-state index contributed by atoms with van der Waals surface area (Å²) in [7, 11) is 0. The van der Waals surface area contributed by atoms with Gasteiger partial charge in [0.2, 0.25) is 0 Å². The second-order valence-electron chi connectivity index (χ2n) is 4.75. The third-order valence-corrected chi connectivity index (χ3v) is 2.20. The predicted molar refractivity (Wildman–Crippen MR) is 51.1 cm³/mol. The lowest BCUT2D eigenvalue weighted by atomic mass is 9.94. The average Bonchev–Trinajstić information content (AvgIpc) is 2.62. The Kier molecular flexibility index (Phi) is 3.13. The summed E-state index contributed by atoms with van der Waals surface area (Å²) in [4.78, 5) is 0. The molecule has 0 radical (unpaired) electrons. The second kappa shape index (κ2) is 3.75. The van der Waals surface area contributed by atoms with Gasteiger partial charge in [0, 0.05) is 12.6 Å². The lowest BCUT2D eigenvalue weighted by Gasteiger charge is -2.25. The lowest BCUT2D eigenvalue weighted by molar-refractivity contribution is 0.0383. The maximum atomic E-state index is 9.90. The van der Waals surface area contributed by atoms with Gasteiger partial charge in [-0.2, -0.15) is 0 Å². The molecule has 1 fully saturated rings. The first-order valence-corrected chi connectivity index (χ1v) is 4.95. The van der Waals surface area contributed by atoms with Gasteiger partial charge in [0.05, 0.1) is 5.60 Å². The quantitative estimate of drug-likeness (QED) is 0.657. The molecule has 2 heteroatoms. The van der Waals surface area contributed by atoms with Crippen molar-refractivity contribution >= 4 is 0 Å². The summed E-state index contributed by atoms with van der Waals surface area (Å²) >= 11 is 0. The molecule has 0 aromatic rings. The minimum absolute atomic E-state index is 0.517. The molecule has 2 nitrogen and oxygen atoms in total. The molecule has 1 saturated carbocycles. The fraction of sp³-hybridized carbons (Fsp3) is 1.00. The van der Waals surface area contributed by atoms with Gasteiger partial charge in [-0.25, -0.2) is 0 Å². The fourth-order valence-electron chi connectivity index (χ4n) is 1.60. The van der Waals surface area contributed by atoms with E-state index >= 15 is 0 Å². The molecule has 0 spiro atoms. The zero-order valence-electron chi connectivity index (χ0n) is 8.43. The van der Waals surface area contributed by atoms with Crippen LogP contribution in [-0.4, -0.2) is 23.3 Å². The Morgan fingerprint density at radius 2 is 2.08 bits per heavy atom. The van der Waals surface area contributed by atoms with E-state index in [1.54, 1.807) is 0 Å². The molecule has 2 N–H and O–H groups in total. The van der Waals surface area contributed by atoms with Gasteiger partial charge in [-0.05, 0) is 32.1 Å². The summed E-state index contributed by atoms with van der Waals surface area (Å²) in [5, 5.41) is 13.3. The summed E-state index contributed by atoms with van der Waals surface area (Å²) in [6, 6.07) is 0.698. The standard InChI is InChI=1S/C10H21NO/c1-8(2)6-10(3,12)7-11-9-4-5-9/h8-9,11-12H,4-7H2,1-3H3. The van der Waals surface area contributed by atoms with Crippen molar-refractivity contribution in [1.82, 2.24) is 5.32 Å². The van der Waals surface area contributed by atoms with E-state index < -0.39 is 5.60 Å². The molecule has 0 aliphatic heterocycles. The van der Waals surface area contributed by atoms with Gasteiger partial charge < -0.3 is 10.4 Å². The van der Waals surface area contributed by atoms with E-state index in [0.717, 1.165) is 13.0 Å². The molecule has 1 aliphatic carbocycles. The smallest absolute Gasteiger partial charge is 0.0746 e. The van der Waals surface area contributed by atoms with Crippen LogP contribution in [-0.2, 0) is 0 Å². The third kappa shape index (κ3) is 4.07. The molecule has 1 aliphatic rings. The number of rotatable bonds is 5. The first-order valence-electron chi connectivity index (χ1n) is 4.95. The third-order valence-electron chi connectivity index (χ3n) is 2.20. The van der Waals surface area contributed by atoms with Crippen molar-refractivity contribution in [2.24, 2.45) is 5.92 Å². The van der Waals surface area contributed by atoms with Crippen molar-refractivity contribution in [2.45, 2.75) is 51.7 Å². The number of aliphatic hydroxyl groups is 1. The highest BCUT2D eigenvalue weighted by Crippen LogP contribution is 2.21. The highest BCUT2D eigenvalue weighted by molar-refractivity contribution is 4.85. The van der Waals surface area contributed by atoms with E-state index in [-0.39, 0.29) is 0 Å². The molecule has 72 valence electrons. The van der Waals surface area contributed by atoms with Gasteiger partial charge in [0.25, 0.3) is 0 Å². The van der Waals surface area contributed by atoms with Gasteiger partial charge in [0.15, 0.2) is 0 Å². The van der Waals surface area contributed by atoms with Gasteiger partial charge >= 0.3 is 0 Å². The predicted octanol–water partition coefficient (Wildman–Crippen LogP) is 1.54. The highest BCUT2D eigenvalue weighted by atomic mass is 16.3. The lowest BCUT2D eigenvalue weighted by Crippen LogP contribution is -2.39. The van der Waals surface area contributed by atoms with Crippen LogP contribution in [0.1, 0.15) is 40.0 Å². The average molecular weight is 171 g/mol. The van der Waals surface area contributed by atoms with Crippen molar-refractivity contribution in [3.05, 3.63) is 0 Å². The first kappa shape index (κ1) is 10.0. The van der Waals surface area contributed by atoms with E-state index in [0.29, 0.717) is 12.0 Å².